The largest absolute Gasteiger partial charge is 0.375 e. The average Bonchev–Trinajstić information content (AvgIpc) is 2.53. The van der Waals surface area contributed by atoms with E-state index in [0.717, 1.165) is 18.7 Å². The number of nitrogens with one attached hydrogen (secondary N) is 1. The summed E-state index contributed by atoms with van der Waals surface area (Å²) in [6.45, 7) is 4.56. The molecule has 0 aromatic heterocycles. The van der Waals surface area contributed by atoms with Gasteiger partial charge in [-0.05, 0) is 36.9 Å². The van der Waals surface area contributed by atoms with Gasteiger partial charge in [-0.25, -0.2) is 0 Å². The minimum absolute atomic E-state index is 0.0706. The van der Waals surface area contributed by atoms with E-state index < -0.39 is 0 Å². The molecule has 5 nitrogen and oxygen atoms in total. The van der Waals surface area contributed by atoms with E-state index in [9.17, 15) is 10.1 Å². The van der Waals surface area contributed by atoms with Gasteiger partial charge in [0.05, 0.1) is 4.92 Å². The molecule has 0 amide bonds. The van der Waals surface area contributed by atoms with Crippen molar-refractivity contribution in [1.29, 1.82) is 0 Å². The van der Waals surface area contributed by atoms with Gasteiger partial charge < -0.3 is 10.2 Å². The molecule has 0 aliphatic carbocycles. The maximum absolute atomic E-state index is 11.1. The molecule has 0 atom stereocenters. The molecule has 0 aliphatic heterocycles. The van der Waals surface area contributed by atoms with Crippen LogP contribution < -0.4 is 5.32 Å². The summed E-state index contributed by atoms with van der Waals surface area (Å²) in [4.78, 5) is 13.0. The molecule has 0 bridgehead atoms. The molecule has 0 spiro atoms. The fourth-order valence-electron chi connectivity index (χ4n) is 2.26. The van der Waals surface area contributed by atoms with Crippen molar-refractivity contribution in [1.82, 2.24) is 4.90 Å². The SMILES string of the molecule is CCN(C)Cc1cccc(CNc2ccc(Br)cc2[N+](=O)[O-])c1. The van der Waals surface area contributed by atoms with Gasteiger partial charge in [-0.1, -0.05) is 47.1 Å². The van der Waals surface area contributed by atoms with Crippen LogP contribution in [0.25, 0.3) is 0 Å². The molecule has 2 aromatic carbocycles. The minimum Gasteiger partial charge on any atom is -0.375 e. The standard InChI is InChI=1S/C17H20BrN3O2/c1-3-20(2)12-14-6-4-5-13(9-14)11-19-16-8-7-15(18)10-17(16)21(22)23/h4-10,19H,3,11-12H2,1-2H3. The fourth-order valence-corrected chi connectivity index (χ4v) is 2.61. The van der Waals surface area contributed by atoms with Gasteiger partial charge in [0.2, 0.25) is 0 Å². The average molecular weight is 378 g/mol. The quantitative estimate of drug-likeness (QED) is 0.572. The van der Waals surface area contributed by atoms with Gasteiger partial charge in [0.1, 0.15) is 5.69 Å². The third-order valence-corrected chi connectivity index (χ3v) is 4.12. The lowest BCUT2D eigenvalue weighted by Crippen LogP contribution is -2.16. The Bertz CT molecular complexity index is 691. The first kappa shape index (κ1) is 17.4. The van der Waals surface area contributed by atoms with Gasteiger partial charge in [0.25, 0.3) is 5.69 Å². The Morgan fingerprint density at radius 2 is 1.96 bits per heavy atom. The summed E-state index contributed by atoms with van der Waals surface area (Å²) in [5.41, 5.74) is 2.93. The van der Waals surface area contributed by atoms with Gasteiger partial charge in [-0.15, -0.1) is 0 Å². The zero-order valence-corrected chi connectivity index (χ0v) is 14.8. The van der Waals surface area contributed by atoms with Crippen LogP contribution in [0.4, 0.5) is 11.4 Å². The zero-order chi connectivity index (χ0) is 16.8. The molecule has 2 rings (SSSR count). The minimum atomic E-state index is -0.375. The molecule has 0 aliphatic rings. The Kier molecular flexibility index (Phi) is 6.12. The van der Waals surface area contributed by atoms with Crippen molar-refractivity contribution in [3.63, 3.8) is 0 Å². The van der Waals surface area contributed by atoms with Gasteiger partial charge in [-0.2, -0.15) is 0 Å². The van der Waals surface area contributed by atoms with Crippen molar-refractivity contribution in [2.75, 3.05) is 18.9 Å². The molecule has 0 radical (unpaired) electrons. The highest BCUT2D eigenvalue weighted by atomic mass is 79.9. The summed E-state index contributed by atoms with van der Waals surface area (Å²) < 4.78 is 0.694. The molecule has 2 aromatic rings. The van der Waals surface area contributed by atoms with Crippen LogP contribution in [0.3, 0.4) is 0 Å². The second-order valence-electron chi connectivity index (χ2n) is 5.42. The van der Waals surface area contributed by atoms with Crippen molar-refractivity contribution in [3.8, 4) is 0 Å². The van der Waals surface area contributed by atoms with Crippen LogP contribution in [0, 0.1) is 10.1 Å². The van der Waals surface area contributed by atoms with E-state index >= 15 is 0 Å². The summed E-state index contributed by atoms with van der Waals surface area (Å²) in [6, 6.07) is 13.3. The van der Waals surface area contributed by atoms with Crippen LogP contribution in [0.5, 0.6) is 0 Å². The lowest BCUT2D eigenvalue weighted by molar-refractivity contribution is -0.384. The number of nitro groups is 1. The maximum atomic E-state index is 11.1. The number of halogens is 1. The van der Waals surface area contributed by atoms with Crippen LogP contribution in [-0.4, -0.2) is 23.4 Å². The van der Waals surface area contributed by atoms with E-state index in [1.54, 1.807) is 12.1 Å². The van der Waals surface area contributed by atoms with E-state index in [-0.39, 0.29) is 10.6 Å². The molecule has 6 heteroatoms. The molecule has 0 heterocycles. The normalized spacial score (nSPS) is 10.8. The van der Waals surface area contributed by atoms with Crippen LogP contribution in [0.1, 0.15) is 18.1 Å². The van der Waals surface area contributed by atoms with Crippen LogP contribution in [0.2, 0.25) is 0 Å². The van der Waals surface area contributed by atoms with Gasteiger partial charge in [-0.3, -0.25) is 10.1 Å². The number of nitro benzene ring substituents is 1. The Labute approximate surface area is 144 Å². The Balaban J connectivity index is 2.09. The van der Waals surface area contributed by atoms with Crippen LogP contribution in [-0.2, 0) is 13.1 Å². The van der Waals surface area contributed by atoms with Gasteiger partial charge in [0.15, 0.2) is 0 Å². The molecule has 0 fully saturated rings. The number of anilines is 1. The first-order chi connectivity index (χ1) is 11.0. The predicted octanol–water partition coefficient (Wildman–Crippen LogP) is 4.42. The number of hydrogen-bond donors (Lipinski definition) is 1. The van der Waals surface area contributed by atoms with E-state index in [1.165, 1.54) is 11.6 Å². The summed E-state index contributed by atoms with van der Waals surface area (Å²) in [5, 5.41) is 14.3. The molecule has 0 saturated carbocycles. The molecule has 23 heavy (non-hydrogen) atoms. The molecule has 1 N–H and O–H groups in total. The summed E-state index contributed by atoms with van der Waals surface area (Å²) in [7, 11) is 2.08. The molecule has 122 valence electrons. The van der Waals surface area contributed by atoms with E-state index in [0.29, 0.717) is 16.7 Å². The summed E-state index contributed by atoms with van der Waals surface area (Å²) in [5.74, 6) is 0. The van der Waals surface area contributed by atoms with Crippen molar-refractivity contribution in [3.05, 3.63) is 68.2 Å². The molecule has 0 unspecified atom stereocenters. The van der Waals surface area contributed by atoms with E-state index in [2.05, 4.69) is 52.3 Å². The van der Waals surface area contributed by atoms with Crippen molar-refractivity contribution < 1.29 is 4.92 Å². The van der Waals surface area contributed by atoms with Gasteiger partial charge >= 0.3 is 0 Å². The van der Waals surface area contributed by atoms with Crippen LogP contribution >= 0.6 is 15.9 Å². The fraction of sp³-hybridized carbons (Fsp3) is 0.294. The first-order valence-electron chi connectivity index (χ1n) is 7.43. The number of rotatable bonds is 7. The topological polar surface area (TPSA) is 58.4 Å². The van der Waals surface area contributed by atoms with Crippen LogP contribution in [0.15, 0.2) is 46.9 Å². The summed E-state index contributed by atoms with van der Waals surface area (Å²) in [6.07, 6.45) is 0. The number of nitrogens with zero attached hydrogens (tertiary/aromatic N) is 2. The van der Waals surface area contributed by atoms with E-state index in [4.69, 9.17) is 0 Å². The third kappa shape index (κ3) is 5.04. The highest BCUT2D eigenvalue weighted by Gasteiger charge is 2.13. The second kappa shape index (κ2) is 8.08. The number of hydrogen-bond acceptors (Lipinski definition) is 4. The molecule has 0 saturated heterocycles. The van der Waals surface area contributed by atoms with Crippen molar-refractivity contribution in [2.45, 2.75) is 20.0 Å². The lowest BCUT2D eigenvalue weighted by atomic mass is 10.1. The zero-order valence-electron chi connectivity index (χ0n) is 13.3. The highest BCUT2D eigenvalue weighted by Crippen LogP contribution is 2.28. The monoisotopic (exact) mass is 377 g/mol. The molecular weight excluding hydrogens is 358 g/mol. The Morgan fingerprint density at radius 3 is 2.65 bits per heavy atom. The Hall–Kier alpha value is -1.92. The smallest absolute Gasteiger partial charge is 0.293 e. The third-order valence-electron chi connectivity index (χ3n) is 3.62. The lowest BCUT2D eigenvalue weighted by Gasteiger charge is -2.14. The Morgan fingerprint density at radius 1 is 1.22 bits per heavy atom. The van der Waals surface area contributed by atoms with Crippen molar-refractivity contribution >= 4 is 27.3 Å². The summed E-state index contributed by atoms with van der Waals surface area (Å²) >= 11 is 3.26. The highest BCUT2D eigenvalue weighted by molar-refractivity contribution is 9.10. The van der Waals surface area contributed by atoms with Gasteiger partial charge in [0, 0.05) is 23.6 Å². The second-order valence-corrected chi connectivity index (χ2v) is 6.34. The number of benzene rings is 2. The van der Waals surface area contributed by atoms with E-state index in [1.807, 2.05) is 12.1 Å². The first-order valence-corrected chi connectivity index (χ1v) is 8.23. The van der Waals surface area contributed by atoms with Crippen molar-refractivity contribution in [2.24, 2.45) is 0 Å². The molecular formula is C17H20BrN3O2. The maximum Gasteiger partial charge on any atom is 0.293 e. The predicted molar refractivity (Wildman–Crippen MR) is 96.6 cm³/mol.